The van der Waals surface area contributed by atoms with Crippen LogP contribution in [0.1, 0.15) is 47.0 Å². The van der Waals surface area contributed by atoms with E-state index in [-0.39, 0.29) is 18.2 Å². The molecule has 2 heterocycles. The number of carbonyl (C=O) groups is 1. The number of carbonyl (C=O) groups excluding carboxylic acids is 1. The van der Waals surface area contributed by atoms with Crippen LogP contribution in [0.2, 0.25) is 0 Å². The number of rotatable bonds is 14. The normalized spacial score (nSPS) is 14.2. The van der Waals surface area contributed by atoms with Gasteiger partial charge in [-0.1, -0.05) is 46.6 Å². The molecule has 0 aliphatic heterocycles. The summed E-state index contributed by atoms with van der Waals surface area (Å²) in [6.45, 7) is 7.62. The van der Waals surface area contributed by atoms with E-state index in [0.717, 1.165) is 18.5 Å². The van der Waals surface area contributed by atoms with Gasteiger partial charge in [0, 0.05) is 36.2 Å². The number of ether oxygens (including phenoxy) is 2. The van der Waals surface area contributed by atoms with Gasteiger partial charge in [0.15, 0.2) is 5.03 Å². The number of amides is 1. The Kier molecular flexibility index (Phi) is 11.1. The molecule has 0 spiro atoms. The minimum absolute atomic E-state index is 0.118. The number of nitrogens with one attached hydrogen (secondary N) is 2. The van der Waals surface area contributed by atoms with E-state index in [0.29, 0.717) is 12.2 Å². The second kappa shape index (κ2) is 14.2. The van der Waals surface area contributed by atoms with Crippen molar-refractivity contribution >= 4 is 16.1 Å². The molecule has 0 radical (unpaired) electrons. The highest BCUT2D eigenvalue weighted by atomic mass is 32.2. The molecule has 0 saturated heterocycles. The Labute approximate surface area is 236 Å². The summed E-state index contributed by atoms with van der Waals surface area (Å²) < 4.78 is 40.9. The number of benzene rings is 1. The Bertz CT molecular complexity index is 1280. The lowest BCUT2D eigenvalue weighted by Gasteiger charge is -2.31. The summed E-state index contributed by atoms with van der Waals surface area (Å²) in [4.78, 5) is 20.8. The van der Waals surface area contributed by atoms with Crippen LogP contribution >= 0.6 is 0 Å². The molecule has 0 aliphatic rings. The third kappa shape index (κ3) is 9.32. The van der Waals surface area contributed by atoms with Gasteiger partial charge in [0.05, 0.1) is 18.5 Å². The number of aliphatic hydroxyl groups is 1. The molecule has 3 aromatic rings. The molecule has 40 heavy (non-hydrogen) atoms. The van der Waals surface area contributed by atoms with Crippen LogP contribution < -0.4 is 14.8 Å². The maximum Gasteiger partial charge on any atom is 0.407 e. The summed E-state index contributed by atoms with van der Waals surface area (Å²) in [7, 11) is -3.91. The Balaban J connectivity index is 1.59. The lowest BCUT2D eigenvalue weighted by molar-refractivity contribution is -0.00274. The minimum Gasteiger partial charge on any atom is -0.490 e. The van der Waals surface area contributed by atoms with Gasteiger partial charge in [0.1, 0.15) is 18.5 Å². The fraction of sp³-hybridized carbons (Fsp3) is 0.464. The number of hydrogen-bond acceptors (Lipinski definition) is 8. The fourth-order valence-electron chi connectivity index (χ4n) is 3.78. The van der Waals surface area contributed by atoms with E-state index < -0.39 is 39.8 Å². The first-order chi connectivity index (χ1) is 19.0. The molecule has 3 rings (SSSR count). The second-order valence-electron chi connectivity index (χ2n) is 10.5. The number of alkyl carbamates (subject to hydrolysis) is 1. The third-order valence-electron chi connectivity index (χ3n) is 6.29. The number of sulfonamides is 1. The van der Waals surface area contributed by atoms with Gasteiger partial charge in [-0.3, -0.25) is 0 Å². The molecular weight excluding hydrogens is 534 g/mol. The number of nitrogens with zero attached hydrogens (tertiary/aromatic N) is 3. The summed E-state index contributed by atoms with van der Waals surface area (Å²) in [5.74, 6) is 0.624. The molecule has 1 aromatic carbocycles. The quantitative estimate of drug-likeness (QED) is 0.265. The molecule has 3 atom stereocenters. The number of imidazole rings is 1. The predicted octanol–water partition coefficient (Wildman–Crippen LogP) is 3.69. The Hall–Kier alpha value is -3.48. The van der Waals surface area contributed by atoms with E-state index in [4.69, 9.17) is 9.47 Å². The number of aliphatic hydroxyl groups excluding tert-OH is 1. The summed E-state index contributed by atoms with van der Waals surface area (Å²) in [6, 6.07) is 11.3. The van der Waals surface area contributed by atoms with Gasteiger partial charge in [-0.05, 0) is 42.8 Å². The van der Waals surface area contributed by atoms with Gasteiger partial charge < -0.3 is 24.5 Å². The molecule has 11 nitrogen and oxygen atoms in total. The number of aromatic nitrogens is 3. The van der Waals surface area contributed by atoms with Crippen LogP contribution in [0.5, 0.6) is 5.75 Å². The highest BCUT2D eigenvalue weighted by molar-refractivity contribution is 7.89. The largest absolute Gasteiger partial charge is 0.490 e. The third-order valence-corrected chi connectivity index (χ3v) is 7.63. The van der Waals surface area contributed by atoms with Gasteiger partial charge in [0.25, 0.3) is 10.0 Å². The number of hydrogen-bond donors (Lipinski definition) is 3. The monoisotopic (exact) mass is 573 g/mol. The van der Waals surface area contributed by atoms with Crippen LogP contribution in [0.4, 0.5) is 4.79 Å². The van der Waals surface area contributed by atoms with E-state index >= 15 is 0 Å². The lowest BCUT2D eigenvalue weighted by Crippen LogP contribution is -2.50. The highest BCUT2D eigenvalue weighted by Crippen LogP contribution is 2.24. The topological polar surface area (TPSA) is 145 Å². The SMILES string of the molecule is CCCC[C@H](NC(=O)O[C@H](COc1ccc(-n2ccnc2)cc1)C(C)(C)C)C(O)CNS(=O)(=O)c1ccccn1. The highest BCUT2D eigenvalue weighted by Gasteiger charge is 2.31. The molecule has 2 aromatic heterocycles. The maximum absolute atomic E-state index is 12.9. The van der Waals surface area contributed by atoms with E-state index in [1.54, 1.807) is 24.7 Å². The zero-order valence-electron chi connectivity index (χ0n) is 23.4. The van der Waals surface area contributed by atoms with Crippen molar-refractivity contribution in [2.24, 2.45) is 5.41 Å². The first-order valence-corrected chi connectivity index (χ1v) is 14.7. The van der Waals surface area contributed by atoms with Crippen molar-refractivity contribution in [2.75, 3.05) is 13.2 Å². The first-order valence-electron chi connectivity index (χ1n) is 13.3. The van der Waals surface area contributed by atoms with Crippen LogP contribution in [0.15, 0.2) is 72.4 Å². The molecule has 3 N–H and O–H groups in total. The zero-order valence-corrected chi connectivity index (χ0v) is 24.2. The summed E-state index contributed by atoms with van der Waals surface area (Å²) >= 11 is 0. The molecular formula is C28H39N5O6S. The van der Waals surface area contributed by atoms with Gasteiger partial charge in [-0.25, -0.2) is 27.9 Å². The van der Waals surface area contributed by atoms with E-state index in [9.17, 15) is 18.3 Å². The Morgan fingerprint density at radius 2 is 1.88 bits per heavy atom. The summed E-state index contributed by atoms with van der Waals surface area (Å²) in [6.07, 6.45) is 6.11. The number of pyridine rings is 1. The minimum atomic E-state index is -3.91. The lowest BCUT2D eigenvalue weighted by atomic mass is 9.89. The van der Waals surface area contributed by atoms with Crippen molar-refractivity contribution < 1.29 is 27.8 Å². The predicted molar refractivity (Wildman–Crippen MR) is 151 cm³/mol. The van der Waals surface area contributed by atoms with Crippen molar-refractivity contribution in [3.8, 4) is 11.4 Å². The fourth-order valence-corrected chi connectivity index (χ4v) is 4.77. The molecule has 218 valence electrons. The van der Waals surface area contributed by atoms with Crippen molar-refractivity contribution in [3.05, 3.63) is 67.4 Å². The molecule has 12 heteroatoms. The molecule has 1 amide bonds. The summed E-state index contributed by atoms with van der Waals surface area (Å²) in [5, 5.41) is 13.4. The maximum atomic E-state index is 12.9. The first kappa shape index (κ1) is 31.1. The standard InChI is InChI=1S/C28H39N5O6S/c1-5-6-9-23(24(34)18-31-40(36,37)26-10-7-8-15-30-26)32-27(35)39-25(28(2,3)4)19-38-22-13-11-21(12-14-22)33-17-16-29-20-33/h7-8,10-17,20,23-25,31,34H,5-6,9,18-19H2,1-4H3,(H,32,35)/t23-,24?,25+/m0/s1. The summed E-state index contributed by atoms with van der Waals surface area (Å²) in [5.41, 5.74) is 0.496. The molecule has 1 unspecified atom stereocenters. The van der Waals surface area contributed by atoms with Crippen LogP contribution in [0, 0.1) is 5.41 Å². The smallest absolute Gasteiger partial charge is 0.407 e. The van der Waals surface area contributed by atoms with Gasteiger partial charge in [0.2, 0.25) is 0 Å². The van der Waals surface area contributed by atoms with Crippen molar-refractivity contribution in [2.45, 2.75) is 70.2 Å². The van der Waals surface area contributed by atoms with Crippen LogP contribution in [-0.4, -0.2) is 65.6 Å². The second-order valence-corrected chi connectivity index (χ2v) is 12.2. The molecule has 0 bridgehead atoms. The van der Waals surface area contributed by atoms with E-state index in [1.165, 1.54) is 12.3 Å². The Morgan fingerprint density at radius 3 is 2.48 bits per heavy atom. The van der Waals surface area contributed by atoms with Gasteiger partial charge in [-0.2, -0.15) is 0 Å². The Morgan fingerprint density at radius 1 is 1.12 bits per heavy atom. The van der Waals surface area contributed by atoms with E-state index in [2.05, 4.69) is 20.0 Å². The van der Waals surface area contributed by atoms with E-state index in [1.807, 2.05) is 62.7 Å². The molecule has 0 aliphatic carbocycles. The number of unbranched alkanes of at least 4 members (excludes halogenated alkanes) is 1. The van der Waals surface area contributed by atoms with Crippen LogP contribution in [0.3, 0.4) is 0 Å². The zero-order chi connectivity index (χ0) is 29.2. The van der Waals surface area contributed by atoms with Crippen molar-refractivity contribution in [1.29, 1.82) is 0 Å². The molecule has 0 saturated carbocycles. The van der Waals surface area contributed by atoms with Crippen LogP contribution in [0.25, 0.3) is 5.69 Å². The van der Waals surface area contributed by atoms with Crippen molar-refractivity contribution in [1.82, 2.24) is 24.6 Å². The van der Waals surface area contributed by atoms with Crippen LogP contribution in [-0.2, 0) is 14.8 Å². The molecule has 0 fully saturated rings. The average molecular weight is 574 g/mol. The average Bonchev–Trinajstić information content (AvgIpc) is 3.47. The van der Waals surface area contributed by atoms with Gasteiger partial charge >= 0.3 is 6.09 Å². The van der Waals surface area contributed by atoms with Crippen molar-refractivity contribution in [3.63, 3.8) is 0 Å². The van der Waals surface area contributed by atoms with Gasteiger partial charge in [-0.15, -0.1) is 0 Å².